The molecule has 0 radical (unpaired) electrons. The largest absolute Gasteiger partial charge is 0.355 e. The predicted molar refractivity (Wildman–Crippen MR) is 77.4 cm³/mol. The van der Waals surface area contributed by atoms with Gasteiger partial charge in [0.15, 0.2) is 6.29 Å². The van der Waals surface area contributed by atoms with Crippen LogP contribution in [0.2, 0.25) is 0 Å². The van der Waals surface area contributed by atoms with Crippen LogP contribution in [-0.4, -0.2) is 38.5 Å². The van der Waals surface area contributed by atoms with Crippen LogP contribution in [0.3, 0.4) is 0 Å². The minimum atomic E-state index is -0.472. The van der Waals surface area contributed by atoms with Crippen LogP contribution in [0.25, 0.3) is 6.08 Å². The summed E-state index contributed by atoms with van der Waals surface area (Å²) in [5.74, 6) is 0. The van der Waals surface area contributed by atoms with Crippen LogP contribution in [0.4, 0.5) is 5.69 Å². The fraction of sp³-hybridized carbons (Fsp3) is 0.357. The number of ether oxygens (including phenoxy) is 2. The maximum Gasteiger partial charge on any atom is 0.276 e. The van der Waals surface area contributed by atoms with Crippen LogP contribution in [0.1, 0.15) is 5.56 Å². The van der Waals surface area contributed by atoms with Gasteiger partial charge < -0.3 is 14.8 Å². The van der Waals surface area contributed by atoms with Crippen molar-refractivity contribution in [3.63, 3.8) is 0 Å². The molecule has 1 aromatic rings. The van der Waals surface area contributed by atoms with Crippen LogP contribution in [0, 0.1) is 21.4 Å². The summed E-state index contributed by atoms with van der Waals surface area (Å²) in [4.78, 5) is 10.4. The van der Waals surface area contributed by atoms with Crippen molar-refractivity contribution in [2.45, 2.75) is 6.29 Å². The Morgan fingerprint density at radius 3 is 2.71 bits per heavy atom. The minimum absolute atomic E-state index is 0.0306. The smallest absolute Gasteiger partial charge is 0.276 e. The highest BCUT2D eigenvalue weighted by Crippen LogP contribution is 2.20. The van der Waals surface area contributed by atoms with Crippen molar-refractivity contribution < 1.29 is 14.4 Å². The van der Waals surface area contributed by atoms with Crippen molar-refractivity contribution >= 4 is 11.8 Å². The second-order valence-electron chi connectivity index (χ2n) is 4.13. The van der Waals surface area contributed by atoms with Gasteiger partial charge in [0.25, 0.3) is 5.69 Å². The third-order valence-corrected chi connectivity index (χ3v) is 2.76. The van der Waals surface area contributed by atoms with Gasteiger partial charge in [-0.25, -0.2) is 0 Å². The maximum absolute atomic E-state index is 10.9. The molecule has 0 saturated heterocycles. The fourth-order valence-electron chi connectivity index (χ4n) is 1.67. The molecule has 21 heavy (non-hydrogen) atoms. The first kappa shape index (κ1) is 16.8. The van der Waals surface area contributed by atoms with E-state index in [2.05, 4.69) is 5.32 Å². The van der Waals surface area contributed by atoms with E-state index in [1.54, 1.807) is 18.2 Å². The van der Waals surface area contributed by atoms with Crippen molar-refractivity contribution in [3.8, 4) is 6.07 Å². The number of nitrogens with one attached hydrogen (secondary N) is 1. The van der Waals surface area contributed by atoms with E-state index in [0.29, 0.717) is 17.7 Å². The Balaban J connectivity index is 2.77. The predicted octanol–water partition coefficient (Wildman–Crippen LogP) is 1.71. The molecule has 0 unspecified atom stereocenters. The number of nitriles is 1. The van der Waals surface area contributed by atoms with Gasteiger partial charge in [-0.2, -0.15) is 5.26 Å². The van der Waals surface area contributed by atoms with Gasteiger partial charge in [-0.3, -0.25) is 10.1 Å². The van der Waals surface area contributed by atoms with Gasteiger partial charge in [0.05, 0.1) is 16.6 Å². The Kier molecular flexibility index (Phi) is 7.04. The summed E-state index contributed by atoms with van der Waals surface area (Å²) in [7, 11) is 3.04. The molecule has 0 saturated carbocycles. The number of nitro benzene ring substituents is 1. The Labute approximate surface area is 122 Å². The number of benzene rings is 1. The summed E-state index contributed by atoms with van der Waals surface area (Å²) < 4.78 is 10.0. The highest BCUT2D eigenvalue weighted by atomic mass is 16.7. The first-order valence-electron chi connectivity index (χ1n) is 6.22. The lowest BCUT2D eigenvalue weighted by Crippen LogP contribution is -2.30. The second kappa shape index (κ2) is 8.81. The van der Waals surface area contributed by atoms with Crippen LogP contribution < -0.4 is 5.32 Å². The van der Waals surface area contributed by atoms with Crippen molar-refractivity contribution in [3.05, 3.63) is 45.5 Å². The van der Waals surface area contributed by atoms with Gasteiger partial charge >= 0.3 is 0 Å². The summed E-state index contributed by atoms with van der Waals surface area (Å²) in [6.45, 7) is 0.675. The first-order chi connectivity index (χ1) is 10.1. The summed E-state index contributed by atoms with van der Waals surface area (Å²) in [6.07, 6.45) is 1.09. The van der Waals surface area contributed by atoms with Crippen LogP contribution in [-0.2, 0) is 9.47 Å². The molecule has 0 aliphatic heterocycles. The van der Waals surface area contributed by atoms with Crippen molar-refractivity contribution in [2.24, 2.45) is 0 Å². The molecule has 0 fully saturated rings. The molecule has 1 aromatic carbocycles. The lowest BCUT2D eigenvalue weighted by molar-refractivity contribution is -0.385. The lowest BCUT2D eigenvalue weighted by atomic mass is 10.1. The van der Waals surface area contributed by atoms with Crippen molar-refractivity contribution in [1.29, 1.82) is 5.26 Å². The molecule has 0 aliphatic rings. The van der Waals surface area contributed by atoms with Gasteiger partial charge in [-0.05, 0) is 12.1 Å². The third kappa shape index (κ3) is 5.31. The SMILES string of the molecule is COC(CNC/C(C#N)=C/c1ccccc1[N+](=O)[O-])OC. The molecule has 0 spiro atoms. The zero-order valence-electron chi connectivity index (χ0n) is 11.9. The summed E-state index contributed by atoms with van der Waals surface area (Å²) >= 11 is 0. The number of hydrogen-bond donors (Lipinski definition) is 1. The van der Waals surface area contributed by atoms with E-state index in [9.17, 15) is 10.1 Å². The van der Waals surface area contributed by atoms with Gasteiger partial charge in [-0.1, -0.05) is 12.1 Å². The molecular weight excluding hydrogens is 274 g/mol. The van der Waals surface area contributed by atoms with E-state index in [0.717, 1.165) is 0 Å². The van der Waals surface area contributed by atoms with E-state index >= 15 is 0 Å². The van der Waals surface area contributed by atoms with Gasteiger partial charge in [-0.15, -0.1) is 0 Å². The van der Waals surface area contributed by atoms with Gasteiger partial charge in [0.2, 0.25) is 0 Å². The molecule has 112 valence electrons. The molecule has 1 rings (SSSR count). The Morgan fingerprint density at radius 1 is 1.48 bits per heavy atom. The topological polar surface area (TPSA) is 97.4 Å². The normalized spacial score (nSPS) is 11.4. The molecule has 7 nitrogen and oxygen atoms in total. The number of para-hydroxylation sites is 1. The van der Waals surface area contributed by atoms with Gasteiger partial charge in [0.1, 0.15) is 0 Å². The molecule has 0 aromatic heterocycles. The number of rotatable bonds is 8. The average Bonchev–Trinajstić information content (AvgIpc) is 2.50. The molecule has 0 heterocycles. The number of nitro groups is 1. The first-order valence-corrected chi connectivity index (χ1v) is 6.22. The Hall–Kier alpha value is -2.27. The highest BCUT2D eigenvalue weighted by Gasteiger charge is 2.11. The molecular formula is C14H17N3O4. The minimum Gasteiger partial charge on any atom is -0.355 e. The standard InChI is InChI=1S/C14H17N3O4/c1-20-14(21-2)10-16-9-11(8-15)7-12-5-3-4-6-13(12)17(18)19/h3-7,14,16H,9-10H2,1-2H3/b11-7+. The average molecular weight is 291 g/mol. The van der Waals surface area contributed by atoms with Crippen LogP contribution >= 0.6 is 0 Å². The summed E-state index contributed by atoms with van der Waals surface area (Å²) in [6, 6.07) is 8.30. The van der Waals surface area contributed by atoms with E-state index in [1.165, 1.54) is 26.4 Å². The summed E-state index contributed by atoms with van der Waals surface area (Å²) in [5, 5.41) is 23.0. The maximum atomic E-state index is 10.9. The molecule has 7 heteroatoms. The molecule has 0 atom stereocenters. The Morgan fingerprint density at radius 2 is 2.14 bits per heavy atom. The molecule has 0 amide bonds. The van der Waals surface area contributed by atoms with E-state index in [-0.39, 0.29) is 12.2 Å². The van der Waals surface area contributed by atoms with Crippen LogP contribution in [0.15, 0.2) is 29.8 Å². The van der Waals surface area contributed by atoms with E-state index < -0.39 is 11.2 Å². The van der Waals surface area contributed by atoms with Gasteiger partial charge in [0, 0.05) is 38.9 Å². The van der Waals surface area contributed by atoms with Crippen molar-refractivity contribution in [1.82, 2.24) is 5.32 Å². The van der Waals surface area contributed by atoms with Crippen LogP contribution in [0.5, 0.6) is 0 Å². The van der Waals surface area contributed by atoms with Crippen molar-refractivity contribution in [2.75, 3.05) is 27.3 Å². The molecule has 1 N–H and O–H groups in total. The lowest BCUT2D eigenvalue weighted by Gasteiger charge is -2.13. The number of hydrogen-bond acceptors (Lipinski definition) is 6. The monoisotopic (exact) mass is 291 g/mol. The zero-order chi connectivity index (χ0) is 15.7. The van der Waals surface area contributed by atoms with E-state index in [4.69, 9.17) is 14.7 Å². The summed E-state index contributed by atoms with van der Waals surface area (Å²) in [5.41, 5.74) is 0.753. The second-order valence-corrected chi connectivity index (χ2v) is 4.13. The fourth-order valence-corrected chi connectivity index (χ4v) is 1.67. The van der Waals surface area contributed by atoms with E-state index in [1.807, 2.05) is 6.07 Å². The zero-order valence-corrected chi connectivity index (χ0v) is 11.9. The Bertz CT molecular complexity index is 547. The quantitative estimate of drug-likeness (QED) is 0.339. The molecule has 0 bridgehead atoms. The number of methoxy groups -OCH3 is 2. The molecule has 0 aliphatic carbocycles. The highest BCUT2D eigenvalue weighted by molar-refractivity contribution is 5.65. The number of nitrogens with zero attached hydrogens (tertiary/aromatic N) is 2. The third-order valence-electron chi connectivity index (χ3n) is 2.76.